The first-order valence-electron chi connectivity index (χ1n) is 8.91. The second-order valence-corrected chi connectivity index (χ2v) is 8.90. The van der Waals surface area contributed by atoms with Gasteiger partial charge in [0.1, 0.15) is 0 Å². The largest absolute Gasteiger partial charge is 0.347 e. The molecular weight excluding hydrogens is 368 g/mol. The number of piperidine rings is 1. The van der Waals surface area contributed by atoms with Crippen LogP contribution >= 0.6 is 0 Å². The SMILES string of the molecule is Cc1ccc(CC(=O)NCc2nc(C3CCN(S(C)(=O)=O)CC3)no2)cc1. The van der Waals surface area contributed by atoms with Crippen LogP contribution in [0.2, 0.25) is 0 Å². The molecule has 2 aromatic rings. The van der Waals surface area contributed by atoms with Crippen LogP contribution in [0, 0.1) is 6.92 Å². The van der Waals surface area contributed by atoms with Gasteiger partial charge in [-0.25, -0.2) is 12.7 Å². The number of nitrogens with zero attached hydrogens (tertiary/aromatic N) is 3. The first kappa shape index (κ1) is 19.5. The number of hydrogen-bond donors (Lipinski definition) is 1. The molecule has 0 atom stereocenters. The molecule has 0 saturated carbocycles. The number of hydrogen-bond acceptors (Lipinski definition) is 6. The Morgan fingerprint density at radius 1 is 1.26 bits per heavy atom. The number of sulfonamides is 1. The molecule has 1 saturated heterocycles. The highest BCUT2D eigenvalue weighted by Gasteiger charge is 2.28. The molecule has 27 heavy (non-hydrogen) atoms. The second kappa shape index (κ2) is 8.18. The summed E-state index contributed by atoms with van der Waals surface area (Å²) in [5.41, 5.74) is 2.10. The number of nitrogens with one attached hydrogen (secondary N) is 1. The fourth-order valence-corrected chi connectivity index (χ4v) is 3.95. The minimum absolute atomic E-state index is 0.0729. The number of carbonyl (C=O) groups excluding carboxylic acids is 1. The highest BCUT2D eigenvalue weighted by molar-refractivity contribution is 7.88. The molecule has 1 aliphatic heterocycles. The van der Waals surface area contributed by atoms with E-state index in [1.165, 1.54) is 10.6 Å². The number of rotatable bonds is 6. The lowest BCUT2D eigenvalue weighted by atomic mass is 9.98. The van der Waals surface area contributed by atoms with E-state index in [0.717, 1.165) is 11.1 Å². The normalized spacial score (nSPS) is 16.4. The van der Waals surface area contributed by atoms with Gasteiger partial charge in [0.25, 0.3) is 0 Å². The van der Waals surface area contributed by atoms with Gasteiger partial charge in [-0.1, -0.05) is 35.0 Å². The van der Waals surface area contributed by atoms with Gasteiger partial charge in [-0.3, -0.25) is 4.79 Å². The predicted octanol–water partition coefficient (Wildman–Crippen LogP) is 1.38. The summed E-state index contributed by atoms with van der Waals surface area (Å²) < 4.78 is 29.8. The van der Waals surface area contributed by atoms with E-state index in [0.29, 0.717) is 44.1 Å². The van der Waals surface area contributed by atoms with Crippen LogP contribution in [0.3, 0.4) is 0 Å². The van der Waals surface area contributed by atoms with Crippen molar-refractivity contribution >= 4 is 15.9 Å². The molecule has 1 aromatic heterocycles. The molecular formula is C18H24N4O4S. The average molecular weight is 392 g/mol. The van der Waals surface area contributed by atoms with E-state index in [4.69, 9.17) is 4.52 Å². The van der Waals surface area contributed by atoms with E-state index in [9.17, 15) is 13.2 Å². The van der Waals surface area contributed by atoms with Crippen molar-refractivity contribution in [1.29, 1.82) is 0 Å². The molecule has 0 radical (unpaired) electrons. The van der Waals surface area contributed by atoms with Crippen LogP contribution in [-0.2, 0) is 27.8 Å². The molecule has 146 valence electrons. The maximum Gasteiger partial charge on any atom is 0.246 e. The Morgan fingerprint density at radius 3 is 2.56 bits per heavy atom. The minimum Gasteiger partial charge on any atom is -0.347 e. The topological polar surface area (TPSA) is 105 Å². The average Bonchev–Trinajstić information content (AvgIpc) is 3.10. The lowest BCUT2D eigenvalue weighted by Gasteiger charge is -2.28. The summed E-state index contributed by atoms with van der Waals surface area (Å²) in [7, 11) is -3.15. The summed E-state index contributed by atoms with van der Waals surface area (Å²) in [6.45, 7) is 3.10. The van der Waals surface area contributed by atoms with Gasteiger partial charge in [0.05, 0.1) is 19.2 Å². The van der Waals surface area contributed by atoms with Gasteiger partial charge in [0, 0.05) is 19.0 Å². The van der Waals surface area contributed by atoms with Gasteiger partial charge in [-0.15, -0.1) is 0 Å². The second-order valence-electron chi connectivity index (χ2n) is 6.92. The number of benzene rings is 1. The van der Waals surface area contributed by atoms with Crippen LogP contribution in [0.25, 0.3) is 0 Å². The van der Waals surface area contributed by atoms with E-state index < -0.39 is 10.0 Å². The smallest absolute Gasteiger partial charge is 0.246 e. The monoisotopic (exact) mass is 392 g/mol. The molecule has 8 nitrogen and oxygen atoms in total. The zero-order valence-electron chi connectivity index (χ0n) is 15.5. The van der Waals surface area contributed by atoms with Crippen molar-refractivity contribution in [2.45, 2.75) is 38.6 Å². The summed E-state index contributed by atoms with van der Waals surface area (Å²) in [6, 6.07) is 7.81. The van der Waals surface area contributed by atoms with E-state index in [-0.39, 0.29) is 18.4 Å². The predicted molar refractivity (Wildman–Crippen MR) is 99.4 cm³/mol. The maximum absolute atomic E-state index is 12.0. The quantitative estimate of drug-likeness (QED) is 0.796. The third kappa shape index (κ3) is 5.36. The molecule has 3 rings (SSSR count). The molecule has 0 unspecified atom stereocenters. The molecule has 9 heteroatoms. The van der Waals surface area contributed by atoms with Gasteiger partial charge in [0.15, 0.2) is 5.82 Å². The number of amides is 1. The van der Waals surface area contributed by atoms with Crippen molar-refractivity contribution in [2.75, 3.05) is 19.3 Å². The van der Waals surface area contributed by atoms with Crippen LogP contribution in [-0.4, -0.2) is 48.1 Å². The van der Waals surface area contributed by atoms with Crippen molar-refractivity contribution in [2.24, 2.45) is 0 Å². The van der Waals surface area contributed by atoms with Crippen molar-refractivity contribution in [1.82, 2.24) is 19.8 Å². The molecule has 1 fully saturated rings. The number of carbonyl (C=O) groups is 1. The molecule has 0 aliphatic carbocycles. The molecule has 1 aliphatic rings. The third-order valence-electron chi connectivity index (χ3n) is 4.69. The Kier molecular flexibility index (Phi) is 5.91. The Balaban J connectivity index is 1.48. The maximum atomic E-state index is 12.0. The zero-order chi connectivity index (χ0) is 19.4. The molecule has 0 spiro atoms. The summed E-state index contributed by atoms with van der Waals surface area (Å²) >= 11 is 0. The molecule has 1 N–H and O–H groups in total. The number of aryl methyl sites for hydroxylation is 1. The van der Waals surface area contributed by atoms with Crippen molar-refractivity contribution in [3.63, 3.8) is 0 Å². The molecule has 1 aromatic carbocycles. The Hall–Kier alpha value is -2.26. The van der Waals surface area contributed by atoms with E-state index >= 15 is 0 Å². The Bertz CT molecular complexity index is 884. The number of aromatic nitrogens is 2. The van der Waals surface area contributed by atoms with E-state index in [1.54, 1.807) is 0 Å². The first-order chi connectivity index (χ1) is 12.8. The van der Waals surface area contributed by atoms with E-state index in [1.807, 2.05) is 31.2 Å². The van der Waals surface area contributed by atoms with Gasteiger partial charge in [0.2, 0.25) is 21.8 Å². The van der Waals surface area contributed by atoms with Crippen molar-refractivity contribution < 1.29 is 17.7 Å². The van der Waals surface area contributed by atoms with Crippen LogP contribution < -0.4 is 5.32 Å². The van der Waals surface area contributed by atoms with E-state index in [2.05, 4.69) is 15.5 Å². The fourth-order valence-electron chi connectivity index (χ4n) is 3.08. The summed E-state index contributed by atoms with van der Waals surface area (Å²) in [4.78, 5) is 16.4. The minimum atomic E-state index is -3.15. The summed E-state index contributed by atoms with van der Waals surface area (Å²) in [6.07, 6.45) is 2.84. The Labute approximate surface area is 159 Å². The standard InChI is InChI=1S/C18H24N4O4S/c1-13-3-5-14(6-4-13)11-16(23)19-12-17-20-18(21-26-17)15-7-9-22(10-8-15)27(2,24)25/h3-6,15H,7-12H2,1-2H3,(H,19,23). The highest BCUT2D eigenvalue weighted by atomic mass is 32.2. The van der Waals surface area contributed by atoms with Crippen molar-refractivity contribution in [3.8, 4) is 0 Å². The fraction of sp³-hybridized carbons (Fsp3) is 0.500. The van der Waals surface area contributed by atoms with Gasteiger partial charge in [-0.05, 0) is 25.3 Å². The lowest BCUT2D eigenvalue weighted by molar-refractivity contribution is -0.120. The van der Waals surface area contributed by atoms with Gasteiger partial charge >= 0.3 is 0 Å². The third-order valence-corrected chi connectivity index (χ3v) is 6.00. The van der Waals surface area contributed by atoms with Crippen LogP contribution in [0.1, 0.15) is 41.6 Å². The Morgan fingerprint density at radius 2 is 1.93 bits per heavy atom. The van der Waals surface area contributed by atoms with Crippen LogP contribution in [0.15, 0.2) is 28.8 Å². The zero-order valence-corrected chi connectivity index (χ0v) is 16.3. The van der Waals surface area contributed by atoms with Gasteiger partial charge in [-0.2, -0.15) is 4.98 Å². The molecule has 1 amide bonds. The molecule has 2 heterocycles. The van der Waals surface area contributed by atoms with Crippen molar-refractivity contribution in [3.05, 3.63) is 47.1 Å². The first-order valence-corrected chi connectivity index (χ1v) is 10.8. The lowest BCUT2D eigenvalue weighted by Crippen LogP contribution is -2.37. The van der Waals surface area contributed by atoms with Crippen LogP contribution in [0.5, 0.6) is 0 Å². The van der Waals surface area contributed by atoms with Crippen LogP contribution in [0.4, 0.5) is 0 Å². The molecule has 0 bridgehead atoms. The van der Waals surface area contributed by atoms with Gasteiger partial charge < -0.3 is 9.84 Å². The summed E-state index contributed by atoms with van der Waals surface area (Å²) in [5, 5.41) is 6.78. The highest BCUT2D eigenvalue weighted by Crippen LogP contribution is 2.26. The summed E-state index contributed by atoms with van der Waals surface area (Å²) in [5.74, 6) is 0.891.